The quantitative estimate of drug-likeness (QED) is 0.299. The van der Waals surface area contributed by atoms with Crippen molar-refractivity contribution in [1.29, 1.82) is 0 Å². The molecule has 1 N–H and O–H groups in total. The van der Waals surface area contributed by atoms with Gasteiger partial charge in [0, 0.05) is 13.1 Å². The van der Waals surface area contributed by atoms with Gasteiger partial charge in [-0.3, -0.25) is 13.9 Å². The van der Waals surface area contributed by atoms with E-state index < -0.39 is 28.5 Å². The summed E-state index contributed by atoms with van der Waals surface area (Å²) in [6.07, 6.45) is 0. The molecule has 11 heteroatoms. The van der Waals surface area contributed by atoms with Crippen LogP contribution in [0.1, 0.15) is 26.3 Å². The van der Waals surface area contributed by atoms with Gasteiger partial charge in [0.25, 0.3) is 10.0 Å². The van der Waals surface area contributed by atoms with Crippen molar-refractivity contribution < 1.29 is 22.7 Å². The first kappa shape index (κ1) is 31.3. The Labute approximate surface area is 245 Å². The molecule has 0 radical (unpaired) electrons. The highest BCUT2D eigenvalue weighted by Crippen LogP contribution is 2.31. The Bertz CT molecular complexity index is 1420. The van der Waals surface area contributed by atoms with E-state index in [1.165, 1.54) is 35.2 Å². The number of nitrogens with zero attached hydrogens (tertiary/aromatic N) is 2. The number of ether oxygens (including phenoxy) is 1. The maximum atomic E-state index is 13.9. The topological polar surface area (TPSA) is 96.0 Å². The molecule has 3 rings (SSSR count). The molecule has 0 saturated heterocycles. The number of rotatable bonds is 12. The second-order valence-corrected chi connectivity index (χ2v) is 12.3. The van der Waals surface area contributed by atoms with Gasteiger partial charge in [-0.15, -0.1) is 0 Å². The summed E-state index contributed by atoms with van der Waals surface area (Å²) >= 11 is 12.3. The third kappa shape index (κ3) is 7.90. The molecule has 0 heterocycles. The minimum atomic E-state index is -4.19. The van der Waals surface area contributed by atoms with E-state index in [4.69, 9.17) is 27.9 Å². The SMILES string of the molecule is COc1ccc(CN(C(=O)CN(c2ccc(Cl)c(Cl)c2)S(=O)(=O)c2ccccc2)[C@@H](C)C(=O)NCC(C)C)cc1. The van der Waals surface area contributed by atoms with E-state index in [-0.39, 0.29) is 39.0 Å². The molecular weight excluding hydrogens is 573 g/mol. The summed E-state index contributed by atoms with van der Waals surface area (Å²) in [5.74, 6) is -0.0664. The lowest BCUT2D eigenvalue weighted by molar-refractivity contribution is -0.139. The fourth-order valence-electron chi connectivity index (χ4n) is 3.85. The Kier molecular flexibility index (Phi) is 10.8. The second kappa shape index (κ2) is 13.9. The van der Waals surface area contributed by atoms with Crippen LogP contribution in [0.2, 0.25) is 10.0 Å². The van der Waals surface area contributed by atoms with Crippen LogP contribution in [0.15, 0.2) is 77.7 Å². The van der Waals surface area contributed by atoms with Crippen LogP contribution < -0.4 is 14.4 Å². The predicted molar refractivity (Wildman–Crippen MR) is 158 cm³/mol. The molecule has 40 heavy (non-hydrogen) atoms. The zero-order chi connectivity index (χ0) is 29.4. The van der Waals surface area contributed by atoms with Crippen LogP contribution in [0.4, 0.5) is 5.69 Å². The van der Waals surface area contributed by atoms with Crippen LogP contribution >= 0.6 is 23.2 Å². The van der Waals surface area contributed by atoms with Crippen LogP contribution in [0, 0.1) is 5.92 Å². The van der Waals surface area contributed by atoms with Gasteiger partial charge in [0.15, 0.2) is 0 Å². The smallest absolute Gasteiger partial charge is 0.264 e. The molecule has 214 valence electrons. The minimum absolute atomic E-state index is 0.00157. The monoisotopic (exact) mass is 605 g/mol. The molecule has 0 aromatic heterocycles. The number of carbonyl (C=O) groups is 2. The molecule has 0 unspecified atom stereocenters. The summed E-state index contributed by atoms with van der Waals surface area (Å²) in [6, 6.07) is 18.3. The number of amides is 2. The first-order valence-electron chi connectivity index (χ1n) is 12.7. The summed E-state index contributed by atoms with van der Waals surface area (Å²) in [6.45, 7) is 5.48. The van der Waals surface area contributed by atoms with Crippen molar-refractivity contribution >= 4 is 50.7 Å². The predicted octanol–water partition coefficient (Wildman–Crippen LogP) is 5.39. The van der Waals surface area contributed by atoms with Crippen LogP contribution in [0.25, 0.3) is 0 Å². The van der Waals surface area contributed by atoms with Gasteiger partial charge in [-0.25, -0.2) is 8.42 Å². The molecule has 0 bridgehead atoms. The van der Waals surface area contributed by atoms with Crippen LogP contribution in [-0.2, 0) is 26.2 Å². The van der Waals surface area contributed by atoms with E-state index in [0.29, 0.717) is 12.3 Å². The number of benzene rings is 3. The highest BCUT2D eigenvalue weighted by Gasteiger charge is 2.32. The van der Waals surface area contributed by atoms with Gasteiger partial charge in [0.1, 0.15) is 18.3 Å². The Balaban J connectivity index is 2.02. The normalized spacial score (nSPS) is 12.1. The average molecular weight is 607 g/mol. The molecule has 0 aliphatic heterocycles. The summed E-state index contributed by atoms with van der Waals surface area (Å²) in [5, 5.41) is 3.24. The van der Waals surface area contributed by atoms with E-state index in [0.717, 1.165) is 9.87 Å². The number of anilines is 1. The third-order valence-corrected chi connectivity index (χ3v) is 8.69. The van der Waals surface area contributed by atoms with Crippen LogP contribution in [0.5, 0.6) is 5.75 Å². The number of nitrogens with one attached hydrogen (secondary N) is 1. The number of hydrogen-bond acceptors (Lipinski definition) is 5. The minimum Gasteiger partial charge on any atom is -0.497 e. The lowest BCUT2D eigenvalue weighted by atomic mass is 10.1. The van der Waals surface area contributed by atoms with Crippen molar-refractivity contribution in [1.82, 2.24) is 10.2 Å². The zero-order valence-electron chi connectivity index (χ0n) is 22.8. The van der Waals surface area contributed by atoms with Crippen molar-refractivity contribution in [3.63, 3.8) is 0 Å². The molecule has 2 amide bonds. The Hall–Kier alpha value is -3.27. The maximum absolute atomic E-state index is 13.9. The van der Waals surface area contributed by atoms with E-state index >= 15 is 0 Å². The zero-order valence-corrected chi connectivity index (χ0v) is 25.1. The van der Waals surface area contributed by atoms with Gasteiger partial charge in [0.2, 0.25) is 11.8 Å². The van der Waals surface area contributed by atoms with Crippen molar-refractivity contribution in [2.75, 3.05) is 24.5 Å². The first-order valence-corrected chi connectivity index (χ1v) is 14.9. The van der Waals surface area contributed by atoms with Crippen molar-refractivity contribution in [3.05, 3.63) is 88.4 Å². The molecule has 3 aromatic carbocycles. The van der Waals surface area contributed by atoms with Gasteiger partial charge >= 0.3 is 0 Å². The van der Waals surface area contributed by atoms with Gasteiger partial charge in [-0.05, 0) is 60.9 Å². The molecule has 8 nitrogen and oxygen atoms in total. The summed E-state index contributed by atoms with van der Waals surface area (Å²) in [4.78, 5) is 28.3. The molecule has 1 atom stereocenters. The number of hydrogen-bond donors (Lipinski definition) is 1. The van der Waals surface area contributed by atoms with Gasteiger partial charge in [-0.2, -0.15) is 0 Å². The standard InChI is InChI=1S/C29H33Cl2N3O5S/c1-20(2)17-32-29(36)21(3)33(18-22-10-13-24(39-4)14-11-22)28(35)19-34(23-12-15-26(30)27(31)16-23)40(37,38)25-8-6-5-7-9-25/h5-16,20-21H,17-19H2,1-4H3,(H,32,36)/t21-/m0/s1. The average Bonchev–Trinajstić information content (AvgIpc) is 2.95. The number of methoxy groups -OCH3 is 1. The van der Waals surface area contributed by atoms with E-state index in [2.05, 4.69) is 5.32 Å². The van der Waals surface area contributed by atoms with Crippen molar-refractivity contribution in [2.45, 2.75) is 38.3 Å². The third-order valence-electron chi connectivity index (χ3n) is 6.17. The van der Waals surface area contributed by atoms with Crippen molar-refractivity contribution in [2.24, 2.45) is 5.92 Å². The highest BCUT2D eigenvalue weighted by molar-refractivity contribution is 7.92. The van der Waals surface area contributed by atoms with E-state index in [9.17, 15) is 18.0 Å². The molecule has 3 aromatic rings. The molecule has 0 aliphatic rings. The van der Waals surface area contributed by atoms with Crippen LogP contribution in [0.3, 0.4) is 0 Å². The highest BCUT2D eigenvalue weighted by atomic mass is 35.5. The Morgan fingerprint density at radius 1 is 0.925 bits per heavy atom. The Morgan fingerprint density at radius 3 is 2.15 bits per heavy atom. The molecular formula is C29H33Cl2N3O5S. The summed E-state index contributed by atoms with van der Waals surface area (Å²) < 4.78 is 33.8. The first-order chi connectivity index (χ1) is 18.9. The summed E-state index contributed by atoms with van der Waals surface area (Å²) in [7, 11) is -2.64. The molecule has 0 aliphatic carbocycles. The number of carbonyl (C=O) groups excluding carboxylic acids is 2. The molecule has 0 saturated carbocycles. The van der Waals surface area contributed by atoms with Crippen LogP contribution in [-0.4, -0.2) is 51.4 Å². The fourth-order valence-corrected chi connectivity index (χ4v) is 5.57. The number of sulfonamides is 1. The second-order valence-electron chi connectivity index (χ2n) is 9.61. The lowest BCUT2D eigenvalue weighted by Gasteiger charge is -2.32. The van der Waals surface area contributed by atoms with Gasteiger partial charge in [0.05, 0.1) is 27.7 Å². The van der Waals surface area contributed by atoms with Gasteiger partial charge in [-0.1, -0.05) is 67.4 Å². The lowest BCUT2D eigenvalue weighted by Crippen LogP contribution is -2.51. The van der Waals surface area contributed by atoms with E-state index in [1.54, 1.807) is 56.5 Å². The molecule has 0 fully saturated rings. The maximum Gasteiger partial charge on any atom is 0.264 e. The Morgan fingerprint density at radius 2 is 1.57 bits per heavy atom. The largest absolute Gasteiger partial charge is 0.497 e. The van der Waals surface area contributed by atoms with E-state index in [1.807, 2.05) is 13.8 Å². The summed E-state index contributed by atoms with van der Waals surface area (Å²) in [5.41, 5.74) is 0.901. The molecule has 0 spiro atoms. The fraction of sp³-hybridized carbons (Fsp3) is 0.310. The number of halogens is 2. The van der Waals surface area contributed by atoms with Crippen molar-refractivity contribution in [3.8, 4) is 5.75 Å². The van der Waals surface area contributed by atoms with Gasteiger partial charge < -0.3 is 15.0 Å².